The minimum Gasteiger partial charge on any atom is -0.464 e. The van der Waals surface area contributed by atoms with E-state index in [1.54, 1.807) is 17.3 Å². The van der Waals surface area contributed by atoms with Crippen molar-refractivity contribution in [3.05, 3.63) is 35.5 Å². The first kappa shape index (κ1) is 12.9. The summed E-state index contributed by atoms with van der Waals surface area (Å²) in [5.74, 6) is -0.431. The second kappa shape index (κ2) is 5.88. The molecule has 0 saturated heterocycles. The predicted octanol–water partition coefficient (Wildman–Crippen LogP) is 3.40. The minimum atomic E-state index is -0.431. The van der Waals surface area contributed by atoms with Gasteiger partial charge in [-0.3, -0.25) is 0 Å². The van der Waals surface area contributed by atoms with Crippen molar-refractivity contribution in [2.45, 2.75) is 4.90 Å². The van der Waals surface area contributed by atoms with Crippen molar-refractivity contribution in [2.75, 3.05) is 18.7 Å². The number of thioether (sulfide) groups is 1. The molecule has 2 aromatic rings. The van der Waals surface area contributed by atoms with Gasteiger partial charge in [0.2, 0.25) is 0 Å². The van der Waals surface area contributed by atoms with Gasteiger partial charge in [0, 0.05) is 10.6 Å². The maximum Gasteiger partial charge on any atom is 0.359 e. The lowest BCUT2D eigenvalue weighted by Crippen LogP contribution is -2.04. The molecule has 0 saturated carbocycles. The van der Waals surface area contributed by atoms with Gasteiger partial charge in [0.1, 0.15) is 5.00 Å². The number of nitrogens with zero attached hydrogens (tertiary/aromatic N) is 1. The van der Waals surface area contributed by atoms with E-state index in [1.807, 2.05) is 30.5 Å². The fourth-order valence-electron chi connectivity index (χ4n) is 1.41. The van der Waals surface area contributed by atoms with Gasteiger partial charge < -0.3 is 10.1 Å². The van der Waals surface area contributed by atoms with E-state index in [-0.39, 0.29) is 0 Å². The molecular weight excluding hydrogens is 268 g/mol. The van der Waals surface area contributed by atoms with Crippen molar-refractivity contribution in [1.82, 2.24) is 4.98 Å². The van der Waals surface area contributed by atoms with Crippen molar-refractivity contribution < 1.29 is 9.53 Å². The zero-order valence-corrected chi connectivity index (χ0v) is 11.6. The van der Waals surface area contributed by atoms with Crippen LogP contribution in [0, 0.1) is 0 Å². The average molecular weight is 280 g/mol. The molecule has 1 heterocycles. The maximum absolute atomic E-state index is 11.5. The molecule has 6 heteroatoms. The number of carbonyl (C=O) groups is 1. The summed E-state index contributed by atoms with van der Waals surface area (Å²) in [6.07, 6.45) is 2.02. The van der Waals surface area contributed by atoms with E-state index in [0.717, 1.165) is 10.6 Å². The lowest BCUT2D eigenvalue weighted by atomic mass is 10.3. The van der Waals surface area contributed by atoms with E-state index >= 15 is 0 Å². The molecule has 0 radical (unpaired) electrons. The monoisotopic (exact) mass is 280 g/mol. The van der Waals surface area contributed by atoms with Crippen molar-refractivity contribution in [3.63, 3.8) is 0 Å². The van der Waals surface area contributed by atoms with Crippen molar-refractivity contribution in [3.8, 4) is 0 Å². The Kier molecular flexibility index (Phi) is 4.22. The first-order valence-corrected chi connectivity index (χ1v) is 7.28. The van der Waals surface area contributed by atoms with Crippen LogP contribution in [-0.2, 0) is 4.74 Å². The van der Waals surface area contributed by atoms with Crippen LogP contribution in [0.2, 0.25) is 0 Å². The molecule has 0 atom stereocenters. The van der Waals surface area contributed by atoms with Gasteiger partial charge in [-0.15, -0.1) is 23.1 Å². The summed E-state index contributed by atoms with van der Waals surface area (Å²) in [6.45, 7) is 0. The van der Waals surface area contributed by atoms with E-state index in [4.69, 9.17) is 0 Å². The molecule has 1 aromatic carbocycles. The Morgan fingerprint density at radius 2 is 2.33 bits per heavy atom. The van der Waals surface area contributed by atoms with Crippen LogP contribution in [0.5, 0.6) is 0 Å². The van der Waals surface area contributed by atoms with Crippen LogP contribution in [0.15, 0.2) is 34.7 Å². The second-order valence-corrected chi connectivity index (χ2v) is 5.11. The van der Waals surface area contributed by atoms with Crippen LogP contribution in [0.3, 0.4) is 0 Å². The summed E-state index contributed by atoms with van der Waals surface area (Å²) in [6, 6.07) is 7.96. The van der Waals surface area contributed by atoms with Gasteiger partial charge >= 0.3 is 5.97 Å². The van der Waals surface area contributed by atoms with Gasteiger partial charge in [-0.1, -0.05) is 6.07 Å². The maximum atomic E-state index is 11.5. The Hall–Kier alpha value is -1.53. The molecule has 0 unspecified atom stereocenters. The summed E-state index contributed by atoms with van der Waals surface area (Å²) in [5.41, 5.74) is 2.86. The summed E-state index contributed by atoms with van der Waals surface area (Å²) in [7, 11) is 1.35. The number of rotatable bonds is 4. The molecule has 0 bridgehead atoms. The third-order valence-electron chi connectivity index (χ3n) is 2.27. The van der Waals surface area contributed by atoms with Gasteiger partial charge in [-0.2, -0.15) is 0 Å². The highest BCUT2D eigenvalue weighted by atomic mass is 32.2. The van der Waals surface area contributed by atoms with Crippen LogP contribution in [0.4, 0.5) is 10.7 Å². The number of aromatic nitrogens is 1. The zero-order chi connectivity index (χ0) is 13.0. The molecule has 2 rings (SSSR count). The highest BCUT2D eigenvalue weighted by molar-refractivity contribution is 7.98. The van der Waals surface area contributed by atoms with Gasteiger partial charge in [-0.25, -0.2) is 9.78 Å². The van der Waals surface area contributed by atoms with E-state index in [2.05, 4.69) is 15.0 Å². The quantitative estimate of drug-likeness (QED) is 0.687. The van der Waals surface area contributed by atoms with E-state index in [1.165, 1.54) is 18.4 Å². The molecule has 0 fully saturated rings. The Balaban J connectivity index is 2.23. The van der Waals surface area contributed by atoms with Crippen LogP contribution < -0.4 is 5.32 Å². The Bertz CT molecular complexity index is 555. The molecule has 1 aromatic heterocycles. The van der Waals surface area contributed by atoms with E-state index in [0.29, 0.717) is 10.7 Å². The number of esters is 1. The number of thiazole rings is 1. The number of nitrogens with one attached hydrogen (secondary N) is 1. The highest BCUT2D eigenvalue weighted by Gasteiger charge is 2.15. The molecule has 0 spiro atoms. The highest BCUT2D eigenvalue weighted by Crippen LogP contribution is 2.27. The van der Waals surface area contributed by atoms with Crippen LogP contribution in [-0.4, -0.2) is 24.3 Å². The van der Waals surface area contributed by atoms with Gasteiger partial charge in [0.25, 0.3) is 0 Å². The summed E-state index contributed by atoms with van der Waals surface area (Å²) < 4.78 is 4.68. The van der Waals surface area contributed by atoms with Gasteiger partial charge in [-0.05, 0) is 24.5 Å². The fraction of sp³-hybridized carbons (Fsp3) is 0.167. The number of carbonyl (C=O) groups excluding carboxylic acids is 1. The third-order valence-corrected chi connectivity index (χ3v) is 3.74. The molecule has 18 heavy (non-hydrogen) atoms. The molecule has 4 nitrogen and oxygen atoms in total. The number of anilines is 2. The smallest absolute Gasteiger partial charge is 0.359 e. The molecule has 1 N–H and O–H groups in total. The number of ether oxygens (including phenoxy) is 1. The third kappa shape index (κ3) is 2.83. The molecule has 94 valence electrons. The van der Waals surface area contributed by atoms with Gasteiger partial charge in [0.05, 0.1) is 12.6 Å². The van der Waals surface area contributed by atoms with Crippen molar-refractivity contribution in [1.29, 1.82) is 0 Å². The van der Waals surface area contributed by atoms with Crippen LogP contribution >= 0.6 is 23.1 Å². The first-order valence-electron chi connectivity index (χ1n) is 5.17. The molecule has 0 aliphatic rings. The van der Waals surface area contributed by atoms with Crippen molar-refractivity contribution in [2.24, 2.45) is 0 Å². The topological polar surface area (TPSA) is 51.2 Å². The second-order valence-electron chi connectivity index (χ2n) is 3.38. The first-order chi connectivity index (χ1) is 8.74. The lowest BCUT2D eigenvalue weighted by molar-refractivity contribution is 0.0596. The Labute approximate surface area is 113 Å². The number of benzene rings is 1. The summed E-state index contributed by atoms with van der Waals surface area (Å²) >= 11 is 3.04. The average Bonchev–Trinajstić information content (AvgIpc) is 2.86. The summed E-state index contributed by atoms with van der Waals surface area (Å²) in [4.78, 5) is 16.6. The van der Waals surface area contributed by atoms with Crippen LogP contribution in [0.1, 0.15) is 10.5 Å². The number of methoxy groups -OCH3 is 1. The molecule has 0 amide bonds. The molecule has 0 aliphatic carbocycles. The molecule has 0 aliphatic heterocycles. The van der Waals surface area contributed by atoms with Gasteiger partial charge in [0.15, 0.2) is 5.69 Å². The molecular formula is C12H12N2O2S2. The fourth-order valence-corrected chi connectivity index (χ4v) is 2.56. The largest absolute Gasteiger partial charge is 0.464 e. The van der Waals surface area contributed by atoms with Crippen molar-refractivity contribution >= 4 is 39.8 Å². The van der Waals surface area contributed by atoms with Crippen LogP contribution in [0.25, 0.3) is 0 Å². The minimum absolute atomic E-state index is 0.317. The van der Waals surface area contributed by atoms with E-state index in [9.17, 15) is 4.79 Å². The summed E-state index contributed by atoms with van der Waals surface area (Å²) in [5, 5.41) is 3.88. The lowest BCUT2D eigenvalue weighted by Gasteiger charge is -2.06. The zero-order valence-electron chi connectivity index (χ0n) is 9.97. The van der Waals surface area contributed by atoms with E-state index < -0.39 is 5.97 Å². The standard InChI is InChI=1S/C12H12N2O2S2/c1-16-12(15)10-11(18-7-13-10)14-8-4-3-5-9(6-8)17-2/h3-7,14H,1-2H3. The Morgan fingerprint density at radius 1 is 1.50 bits per heavy atom. The number of hydrogen-bond acceptors (Lipinski definition) is 6. The normalized spacial score (nSPS) is 10.1. The SMILES string of the molecule is COC(=O)c1ncsc1Nc1cccc(SC)c1. The Morgan fingerprint density at radius 3 is 3.06 bits per heavy atom. The number of hydrogen-bond donors (Lipinski definition) is 1. The predicted molar refractivity (Wildman–Crippen MR) is 75.0 cm³/mol.